The lowest BCUT2D eigenvalue weighted by Crippen LogP contribution is -2.34. The molecule has 0 fully saturated rings. The molecular weight excluding hydrogens is 899 g/mol. The number of aliphatic carboxylic acids is 2. The van der Waals surface area contributed by atoms with Crippen LogP contribution >= 0.6 is 127 Å². The average Bonchev–Trinajstić information content (AvgIpc) is 2.56. The summed E-state index contributed by atoms with van der Waals surface area (Å²) >= 11 is 22.8. The van der Waals surface area contributed by atoms with Crippen LogP contribution in [0.3, 0.4) is 0 Å². The van der Waals surface area contributed by atoms with Gasteiger partial charge in [0.25, 0.3) is 0 Å². The van der Waals surface area contributed by atoms with Crippen LogP contribution in [0.15, 0.2) is 58.0 Å². The van der Waals surface area contributed by atoms with Crippen molar-refractivity contribution >= 4 is 139 Å². The van der Waals surface area contributed by atoms with Crippen LogP contribution in [0.5, 0.6) is 0 Å². The zero-order valence-electron chi connectivity index (χ0n) is 13.3. The van der Waals surface area contributed by atoms with Crippen LogP contribution in [0, 0.1) is 0 Å². The number of halogens is 8. The van der Waals surface area contributed by atoms with Crippen molar-refractivity contribution in [2.24, 2.45) is 0 Å². The van der Waals surface area contributed by atoms with Crippen LogP contribution in [0.2, 0.25) is 0 Å². The number of rotatable bonds is 0. The number of hydrogen-bond acceptors (Lipinski definition) is 4. The van der Waals surface area contributed by atoms with Gasteiger partial charge < -0.3 is 19.8 Å². The van der Waals surface area contributed by atoms with E-state index in [0.717, 1.165) is 8.95 Å². The van der Waals surface area contributed by atoms with Crippen LogP contribution in [-0.4, -0.2) is 16.2 Å². The van der Waals surface area contributed by atoms with Gasteiger partial charge in [0, 0.05) is 12.1 Å². The fourth-order valence-electron chi connectivity index (χ4n) is 0.743. The van der Waals surface area contributed by atoms with Crippen LogP contribution in [0.4, 0.5) is 0 Å². The molecule has 0 spiro atoms. The van der Waals surface area contributed by atoms with Gasteiger partial charge in [0.15, 0.2) is 29.1 Å². The average molecular weight is 909 g/mol. The predicted molar refractivity (Wildman–Crippen MR) is 130 cm³/mol. The number of nitrogens with one attached hydrogen (secondary N) is 2. The van der Waals surface area contributed by atoms with Crippen molar-refractivity contribution in [1.29, 1.82) is 0 Å². The molecule has 28 heavy (non-hydrogen) atoms. The molecule has 0 saturated carbocycles. The summed E-state index contributed by atoms with van der Waals surface area (Å²) in [7, 11) is 0. The van der Waals surface area contributed by atoms with Gasteiger partial charge in [0.05, 0.1) is 20.9 Å². The number of alkyl halides is 6. The SMILES string of the molecule is Brc1ccc[nH+]c1.Brc1ccc[nH+]c1.O=C([O-])C(Br)(Br)Br.O=C([O-])C(Br)(Br)Br. The number of aromatic nitrogens is 2. The highest BCUT2D eigenvalue weighted by Gasteiger charge is 2.18. The van der Waals surface area contributed by atoms with E-state index in [1.807, 2.05) is 49.1 Å². The Morgan fingerprint density at radius 1 is 0.714 bits per heavy atom. The molecule has 0 amide bonds. The topological polar surface area (TPSA) is 109 Å². The van der Waals surface area contributed by atoms with Gasteiger partial charge in [-0.25, -0.2) is 9.97 Å². The number of carboxylic acids is 2. The second-order valence-corrected chi connectivity index (χ2v) is 19.4. The van der Waals surface area contributed by atoms with E-state index in [9.17, 15) is 19.8 Å². The molecule has 0 bridgehead atoms. The van der Waals surface area contributed by atoms with Gasteiger partial charge >= 0.3 is 0 Å². The quantitative estimate of drug-likeness (QED) is 0.377. The van der Waals surface area contributed by atoms with E-state index in [-0.39, 0.29) is 0 Å². The molecule has 2 aromatic heterocycles. The zero-order chi connectivity index (χ0) is 22.4. The molecule has 0 radical (unpaired) electrons. The van der Waals surface area contributed by atoms with Crippen molar-refractivity contribution in [3.63, 3.8) is 0 Å². The van der Waals surface area contributed by atoms with Gasteiger partial charge in [-0.15, -0.1) is 0 Å². The van der Waals surface area contributed by atoms with E-state index in [1.165, 1.54) is 0 Å². The summed E-state index contributed by atoms with van der Waals surface area (Å²) in [6.07, 6.45) is 7.48. The highest BCUT2D eigenvalue weighted by Crippen LogP contribution is 2.32. The van der Waals surface area contributed by atoms with Gasteiger partial charge in [-0.3, -0.25) is 0 Å². The first kappa shape index (κ1) is 31.3. The van der Waals surface area contributed by atoms with E-state index in [0.29, 0.717) is 0 Å². The summed E-state index contributed by atoms with van der Waals surface area (Å²) < 4.78 is -0.356. The Morgan fingerprint density at radius 2 is 0.964 bits per heavy atom. The molecule has 14 heteroatoms. The number of carbonyl (C=O) groups is 2. The predicted octanol–water partition coefficient (Wildman–Crippen LogP) is 3.68. The Bertz CT molecular complexity index is 632. The summed E-state index contributed by atoms with van der Waals surface area (Å²) in [5.74, 6) is -2.51. The van der Waals surface area contributed by atoms with E-state index < -0.39 is 16.2 Å². The lowest BCUT2D eigenvalue weighted by atomic mass is 10.5. The Morgan fingerprint density at radius 3 is 1.04 bits per heavy atom. The van der Waals surface area contributed by atoms with Crippen LogP contribution < -0.4 is 20.2 Å². The number of carboxylic acid groups (broad SMARTS) is 2. The second kappa shape index (κ2) is 16.7. The summed E-state index contributed by atoms with van der Waals surface area (Å²) in [6.45, 7) is 0. The van der Waals surface area contributed by atoms with Crippen molar-refractivity contribution < 1.29 is 29.8 Å². The van der Waals surface area contributed by atoms with Crippen LogP contribution in [0.1, 0.15) is 0 Å². The van der Waals surface area contributed by atoms with E-state index in [2.05, 4.69) is 137 Å². The minimum absolute atomic E-state index is 1.08. The maximum Gasteiger partial charge on any atom is 0.181 e. The molecule has 0 aliphatic heterocycles. The van der Waals surface area contributed by atoms with E-state index >= 15 is 0 Å². The minimum atomic E-state index is -1.26. The third-order valence-electron chi connectivity index (χ3n) is 1.80. The van der Waals surface area contributed by atoms with E-state index in [4.69, 9.17) is 0 Å². The Kier molecular flexibility index (Phi) is 18.7. The molecule has 0 saturated heterocycles. The fraction of sp³-hybridized carbons (Fsp3) is 0.143. The smallest absolute Gasteiger partial charge is 0.181 e. The second-order valence-electron chi connectivity index (χ2n) is 4.01. The molecule has 0 aliphatic rings. The molecule has 156 valence electrons. The van der Waals surface area contributed by atoms with Crippen molar-refractivity contribution in [2.75, 3.05) is 0 Å². The first-order chi connectivity index (χ1) is 12.7. The van der Waals surface area contributed by atoms with Crippen molar-refractivity contribution in [3.05, 3.63) is 58.0 Å². The highest BCUT2D eigenvalue weighted by atomic mass is 80.0. The Hall–Kier alpha value is 1.08. The van der Waals surface area contributed by atoms with Gasteiger partial charge in [0.2, 0.25) is 0 Å². The Labute approximate surface area is 228 Å². The monoisotopic (exact) mass is 901 g/mol. The maximum absolute atomic E-state index is 9.77. The van der Waals surface area contributed by atoms with Gasteiger partial charge in [-0.2, -0.15) is 0 Å². The third-order valence-corrected chi connectivity index (χ3v) is 4.73. The number of aromatic amines is 2. The Balaban J connectivity index is 0. The van der Waals surface area contributed by atoms with Crippen molar-refractivity contribution in [3.8, 4) is 0 Å². The summed E-state index contributed by atoms with van der Waals surface area (Å²) in [5.41, 5.74) is 0. The standard InChI is InChI=1S/2C5H4BrN.2C2HBr3O2/c2*6-5-2-1-3-7-4-5;2*3-2(4,5)1(6)7/h2*1-4H;2*(H,6,7). The normalized spacial score (nSPS) is 10.0. The highest BCUT2D eigenvalue weighted by molar-refractivity contribution is 9.40. The lowest BCUT2D eigenvalue weighted by molar-refractivity contribution is -0.379. The molecule has 2 heterocycles. The zero-order valence-corrected chi connectivity index (χ0v) is 26.0. The summed E-state index contributed by atoms with van der Waals surface area (Å²) in [6, 6.07) is 7.81. The van der Waals surface area contributed by atoms with E-state index in [1.54, 1.807) is 0 Å². The molecule has 2 aromatic rings. The molecule has 0 aliphatic carbocycles. The molecule has 2 N–H and O–H groups in total. The lowest BCUT2D eigenvalue weighted by Gasteiger charge is -2.10. The number of pyridine rings is 2. The fourth-order valence-corrected chi connectivity index (χ4v) is 1.31. The van der Waals surface area contributed by atoms with Crippen molar-refractivity contribution in [2.45, 2.75) is 4.29 Å². The van der Waals surface area contributed by atoms with Gasteiger partial charge in [-0.1, -0.05) is 95.6 Å². The van der Waals surface area contributed by atoms with Crippen molar-refractivity contribution in [1.82, 2.24) is 0 Å². The molecule has 6 nitrogen and oxygen atoms in total. The first-order valence-corrected chi connectivity index (χ1v) is 12.8. The van der Waals surface area contributed by atoms with Gasteiger partial charge in [-0.05, 0) is 44.0 Å². The number of H-pyrrole nitrogens is 2. The largest absolute Gasteiger partial charge is 0.547 e. The summed E-state index contributed by atoms with van der Waals surface area (Å²) in [4.78, 5) is 25.4. The molecule has 2 rings (SSSR count). The minimum Gasteiger partial charge on any atom is -0.547 e. The maximum atomic E-state index is 9.77. The van der Waals surface area contributed by atoms with Crippen LogP contribution in [0.25, 0.3) is 0 Å². The first-order valence-electron chi connectivity index (χ1n) is 6.47. The van der Waals surface area contributed by atoms with Crippen LogP contribution in [-0.2, 0) is 9.59 Å². The molecule has 0 aromatic carbocycles. The molecule has 0 atom stereocenters. The third kappa shape index (κ3) is 21.8. The molecule has 0 unspecified atom stereocenters. The number of hydrogen-bond donors (Lipinski definition) is 0. The number of carbonyl (C=O) groups excluding carboxylic acids is 2. The summed E-state index contributed by atoms with van der Waals surface area (Å²) in [5, 5.41) is 19.5. The molecular formula is C14H10Br8N2O4. The van der Waals surface area contributed by atoms with Gasteiger partial charge in [0.1, 0.15) is 0 Å².